The molecule has 0 bridgehead atoms. The Balaban J connectivity index is 1.20. The summed E-state index contributed by atoms with van der Waals surface area (Å²) in [7, 11) is 0. The molecule has 0 saturated carbocycles. The van der Waals surface area contributed by atoms with Crippen LogP contribution in [0.2, 0.25) is 0 Å². The van der Waals surface area contributed by atoms with Crippen LogP contribution in [0.15, 0.2) is 217 Å². The number of fused-ring (bicyclic) bond motifs is 4. The minimum atomic E-state index is 0.863. The van der Waals surface area contributed by atoms with Crippen LogP contribution in [-0.4, -0.2) is 0 Å². The van der Waals surface area contributed by atoms with Crippen molar-refractivity contribution in [2.75, 3.05) is 4.90 Å². The molecule has 54 heavy (non-hydrogen) atoms. The molecule has 2 heteroatoms. The van der Waals surface area contributed by atoms with E-state index in [1.165, 1.54) is 49.7 Å². The first kappa shape index (κ1) is 31.6. The first-order valence-electron chi connectivity index (χ1n) is 18.4. The van der Waals surface area contributed by atoms with E-state index in [4.69, 9.17) is 4.42 Å². The fourth-order valence-corrected chi connectivity index (χ4v) is 7.99. The van der Waals surface area contributed by atoms with Crippen molar-refractivity contribution in [2.24, 2.45) is 0 Å². The van der Waals surface area contributed by atoms with Crippen LogP contribution in [-0.2, 0) is 0 Å². The van der Waals surface area contributed by atoms with Gasteiger partial charge in [-0.3, -0.25) is 0 Å². The van der Waals surface area contributed by atoms with Crippen molar-refractivity contribution >= 4 is 49.8 Å². The normalized spacial score (nSPS) is 11.3. The molecule has 1 heterocycles. The average Bonchev–Trinajstić information content (AvgIpc) is 3.62. The molecule has 10 rings (SSSR count). The van der Waals surface area contributed by atoms with Crippen LogP contribution in [0.3, 0.4) is 0 Å². The van der Waals surface area contributed by atoms with E-state index in [9.17, 15) is 0 Å². The standard InChI is InChI=1S/C52H35NO/c1-4-15-36(16-5-1)43-24-14-25-44(37-17-6-2-7-18-37)51(43)40-27-30-41(31-28-40)53(42-32-33-47-46-23-12-13-26-49(46)54-50(47)35-42)48-34-29-38-19-10-11-22-45(38)52(48)39-20-8-3-9-21-39/h1-35H. The van der Waals surface area contributed by atoms with Crippen LogP contribution in [0, 0.1) is 0 Å². The van der Waals surface area contributed by atoms with Gasteiger partial charge in [0.25, 0.3) is 0 Å². The predicted molar refractivity (Wildman–Crippen MR) is 228 cm³/mol. The highest BCUT2D eigenvalue weighted by atomic mass is 16.3. The Hall–Kier alpha value is -7.16. The molecule has 2 nitrogen and oxygen atoms in total. The van der Waals surface area contributed by atoms with Crippen LogP contribution >= 0.6 is 0 Å². The maximum Gasteiger partial charge on any atom is 0.137 e. The number of hydrogen-bond acceptors (Lipinski definition) is 2. The van der Waals surface area contributed by atoms with Gasteiger partial charge in [0.05, 0.1) is 5.69 Å². The zero-order valence-corrected chi connectivity index (χ0v) is 29.6. The van der Waals surface area contributed by atoms with E-state index in [2.05, 4.69) is 205 Å². The SMILES string of the molecule is c1ccc(-c2cccc(-c3ccccc3)c2-c2ccc(N(c3ccc4c(c3)oc3ccccc34)c3ccc4ccccc4c3-c3ccccc3)cc2)cc1. The number of nitrogens with zero attached hydrogens (tertiary/aromatic N) is 1. The molecule has 0 saturated heterocycles. The van der Waals surface area contributed by atoms with Gasteiger partial charge >= 0.3 is 0 Å². The number of hydrogen-bond donors (Lipinski definition) is 0. The van der Waals surface area contributed by atoms with Gasteiger partial charge in [0.15, 0.2) is 0 Å². The second kappa shape index (κ2) is 13.4. The Morgan fingerprint density at radius 3 is 1.54 bits per heavy atom. The summed E-state index contributed by atoms with van der Waals surface area (Å²) in [4.78, 5) is 2.38. The molecule has 0 radical (unpaired) electrons. The number of anilines is 3. The number of furan rings is 1. The summed E-state index contributed by atoms with van der Waals surface area (Å²) in [5.41, 5.74) is 14.5. The summed E-state index contributed by atoms with van der Waals surface area (Å²) < 4.78 is 6.46. The molecule has 0 atom stereocenters. The minimum absolute atomic E-state index is 0.863. The van der Waals surface area contributed by atoms with Crippen molar-refractivity contribution in [3.05, 3.63) is 212 Å². The van der Waals surface area contributed by atoms with E-state index < -0.39 is 0 Å². The molecule has 0 unspecified atom stereocenters. The third kappa shape index (κ3) is 5.53. The Labute approximate surface area is 314 Å². The lowest BCUT2D eigenvalue weighted by atomic mass is 9.87. The van der Waals surface area contributed by atoms with Crippen LogP contribution in [0.1, 0.15) is 0 Å². The number of para-hydroxylation sites is 1. The van der Waals surface area contributed by atoms with Gasteiger partial charge in [-0.05, 0) is 86.1 Å². The lowest BCUT2D eigenvalue weighted by molar-refractivity contribution is 0.669. The van der Waals surface area contributed by atoms with Crippen molar-refractivity contribution in [3.8, 4) is 44.5 Å². The molecule has 0 aliphatic heterocycles. The van der Waals surface area contributed by atoms with Crippen molar-refractivity contribution in [1.29, 1.82) is 0 Å². The van der Waals surface area contributed by atoms with Gasteiger partial charge in [0.2, 0.25) is 0 Å². The zero-order chi connectivity index (χ0) is 35.8. The van der Waals surface area contributed by atoms with Gasteiger partial charge in [0, 0.05) is 33.8 Å². The van der Waals surface area contributed by atoms with Crippen LogP contribution in [0.4, 0.5) is 17.1 Å². The second-order valence-corrected chi connectivity index (χ2v) is 13.7. The summed E-state index contributed by atoms with van der Waals surface area (Å²) in [6, 6.07) is 75.9. The monoisotopic (exact) mass is 689 g/mol. The van der Waals surface area contributed by atoms with E-state index in [0.717, 1.165) is 44.6 Å². The Kier molecular flexibility index (Phi) is 7.85. The van der Waals surface area contributed by atoms with E-state index in [-0.39, 0.29) is 0 Å². The Morgan fingerprint density at radius 1 is 0.315 bits per heavy atom. The fraction of sp³-hybridized carbons (Fsp3) is 0. The average molecular weight is 690 g/mol. The molecule has 0 aliphatic rings. The fourth-order valence-electron chi connectivity index (χ4n) is 7.99. The molecule has 0 fully saturated rings. The lowest BCUT2D eigenvalue weighted by Gasteiger charge is -2.29. The minimum Gasteiger partial charge on any atom is -0.456 e. The molecular weight excluding hydrogens is 655 g/mol. The first-order chi connectivity index (χ1) is 26.8. The van der Waals surface area contributed by atoms with E-state index in [1.807, 2.05) is 12.1 Å². The van der Waals surface area contributed by atoms with Crippen molar-refractivity contribution in [2.45, 2.75) is 0 Å². The quantitative estimate of drug-likeness (QED) is 0.166. The van der Waals surface area contributed by atoms with Crippen LogP contribution in [0.5, 0.6) is 0 Å². The Bertz CT molecular complexity index is 2850. The van der Waals surface area contributed by atoms with Gasteiger partial charge in [-0.25, -0.2) is 0 Å². The highest BCUT2D eigenvalue weighted by Crippen LogP contribution is 2.47. The third-order valence-corrected chi connectivity index (χ3v) is 10.5. The molecule has 0 spiro atoms. The number of rotatable bonds is 7. The molecule has 0 amide bonds. The summed E-state index contributed by atoms with van der Waals surface area (Å²) in [6.07, 6.45) is 0. The van der Waals surface area contributed by atoms with E-state index in [0.29, 0.717) is 0 Å². The third-order valence-electron chi connectivity index (χ3n) is 10.5. The van der Waals surface area contributed by atoms with E-state index in [1.54, 1.807) is 0 Å². The maximum absolute atomic E-state index is 6.46. The molecular formula is C52H35NO. The van der Waals surface area contributed by atoms with Gasteiger partial charge < -0.3 is 9.32 Å². The lowest BCUT2D eigenvalue weighted by Crippen LogP contribution is -2.11. The van der Waals surface area contributed by atoms with Crippen molar-refractivity contribution < 1.29 is 4.42 Å². The zero-order valence-electron chi connectivity index (χ0n) is 29.6. The van der Waals surface area contributed by atoms with Gasteiger partial charge in [0.1, 0.15) is 11.2 Å². The maximum atomic E-state index is 6.46. The van der Waals surface area contributed by atoms with Crippen LogP contribution < -0.4 is 4.90 Å². The highest BCUT2D eigenvalue weighted by molar-refractivity contribution is 6.08. The highest BCUT2D eigenvalue weighted by Gasteiger charge is 2.22. The summed E-state index contributed by atoms with van der Waals surface area (Å²) in [5.74, 6) is 0. The predicted octanol–water partition coefficient (Wildman–Crippen LogP) is 14.9. The van der Waals surface area contributed by atoms with Crippen molar-refractivity contribution in [1.82, 2.24) is 0 Å². The number of benzene rings is 9. The summed E-state index contributed by atoms with van der Waals surface area (Å²) in [5, 5.41) is 4.64. The van der Waals surface area contributed by atoms with Crippen LogP contribution in [0.25, 0.3) is 77.2 Å². The Morgan fingerprint density at radius 2 is 0.852 bits per heavy atom. The summed E-state index contributed by atoms with van der Waals surface area (Å²) in [6.45, 7) is 0. The molecule has 10 aromatic rings. The summed E-state index contributed by atoms with van der Waals surface area (Å²) >= 11 is 0. The molecule has 254 valence electrons. The van der Waals surface area contributed by atoms with E-state index >= 15 is 0 Å². The molecule has 9 aromatic carbocycles. The van der Waals surface area contributed by atoms with Gasteiger partial charge in [-0.15, -0.1) is 0 Å². The molecule has 0 N–H and O–H groups in total. The molecule has 1 aromatic heterocycles. The smallest absolute Gasteiger partial charge is 0.137 e. The molecule has 0 aliphatic carbocycles. The van der Waals surface area contributed by atoms with Gasteiger partial charge in [-0.1, -0.05) is 170 Å². The largest absolute Gasteiger partial charge is 0.456 e. The first-order valence-corrected chi connectivity index (χ1v) is 18.4. The topological polar surface area (TPSA) is 16.4 Å². The second-order valence-electron chi connectivity index (χ2n) is 13.7. The van der Waals surface area contributed by atoms with Crippen molar-refractivity contribution in [3.63, 3.8) is 0 Å². The van der Waals surface area contributed by atoms with Gasteiger partial charge in [-0.2, -0.15) is 0 Å².